The van der Waals surface area contributed by atoms with E-state index in [-0.39, 0.29) is 0 Å². The highest BCUT2D eigenvalue weighted by atomic mass is 32.1. The van der Waals surface area contributed by atoms with E-state index in [1.165, 1.54) is 28.8 Å². The number of hydrogen-bond donors (Lipinski definition) is 0. The molecule has 1 aliphatic carbocycles. The zero-order chi connectivity index (χ0) is 11.0. The minimum Gasteiger partial charge on any atom is -0.144 e. The molecule has 1 aliphatic rings. The maximum Gasteiger partial charge on any atom is 0.0308 e. The molecular weight excluding hydrogens is 212 g/mol. The van der Waals surface area contributed by atoms with Crippen LogP contribution in [0.3, 0.4) is 0 Å². The van der Waals surface area contributed by atoms with Crippen LogP contribution in [0.15, 0.2) is 41.8 Å². The molecule has 0 bridgehead atoms. The summed E-state index contributed by atoms with van der Waals surface area (Å²) in [7, 11) is 0. The van der Waals surface area contributed by atoms with Crippen molar-refractivity contribution in [2.75, 3.05) is 0 Å². The Bertz CT molecular complexity index is 532. The van der Waals surface area contributed by atoms with Gasteiger partial charge in [-0.25, -0.2) is 0 Å². The molecule has 1 aromatic heterocycles. The van der Waals surface area contributed by atoms with Gasteiger partial charge in [0.15, 0.2) is 0 Å². The molecule has 3 rings (SSSR count). The summed E-state index contributed by atoms with van der Waals surface area (Å²) in [5, 5.41) is 2.24. The second kappa shape index (κ2) is 3.91. The Hall–Kier alpha value is -1.34. The smallest absolute Gasteiger partial charge is 0.0308 e. The van der Waals surface area contributed by atoms with Gasteiger partial charge in [0.1, 0.15) is 0 Å². The fraction of sp³-hybridized carbons (Fsp3) is 0.200. The molecule has 80 valence electrons. The zero-order valence-corrected chi connectivity index (χ0v) is 10.2. The standard InChI is InChI=1S/C15H14S/c1-11-9-15(16-10-11)14-8-7-13(14)12-5-3-2-4-6-12/h2-6,9-10H,7-8H2,1H3. The van der Waals surface area contributed by atoms with E-state index >= 15 is 0 Å². The Morgan fingerprint density at radius 2 is 1.75 bits per heavy atom. The van der Waals surface area contributed by atoms with Gasteiger partial charge in [0.2, 0.25) is 0 Å². The van der Waals surface area contributed by atoms with Crippen molar-refractivity contribution in [3.8, 4) is 0 Å². The second-order valence-electron chi connectivity index (χ2n) is 4.31. The highest BCUT2D eigenvalue weighted by molar-refractivity contribution is 7.11. The van der Waals surface area contributed by atoms with Crippen LogP contribution in [-0.2, 0) is 0 Å². The molecule has 0 aliphatic heterocycles. The third-order valence-electron chi connectivity index (χ3n) is 3.14. The maximum absolute atomic E-state index is 2.31. The van der Waals surface area contributed by atoms with Crippen LogP contribution in [0, 0.1) is 6.92 Å². The number of hydrogen-bond acceptors (Lipinski definition) is 1. The fourth-order valence-corrected chi connectivity index (χ4v) is 3.20. The van der Waals surface area contributed by atoms with Crippen LogP contribution in [-0.4, -0.2) is 0 Å². The van der Waals surface area contributed by atoms with Crippen LogP contribution in [0.1, 0.15) is 28.8 Å². The lowest BCUT2D eigenvalue weighted by Gasteiger charge is -2.23. The largest absolute Gasteiger partial charge is 0.144 e. The molecule has 1 heteroatoms. The van der Waals surface area contributed by atoms with Crippen molar-refractivity contribution in [3.63, 3.8) is 0 Å². The molecule has 0 atom stereocenters. The normalized spacial score (nSPS) is 15.1. The Kier molecular flexibility index (Phi) is 2.41. The van der Waals surface area contributed by atoms with Crippen LogP contribution in [0.25, 0.3) is 11.1 Å². The van der Waals surface area contributed by atoms with Crippen molar-refractivity contribution in [1.29, 1.82) is 0 Å². The zero-order valence-electron chi connectivity index (χ0n) is 9.36. The summed E-state index contributed by atoms with van der Waals surface area (Å²) < 4.78 is 0. The maximum atomic E-state index is 2.31. The average molecular weight is 226 g/mol. The highest BCUT2D eigenvalue weighted by Gasteiger charge is 2.20. The van der Waals surface area contributed by atoms with Crippen molar-refractivity contribution in [2.24, 2.45) is 0 Å². The summed E-state index contributed by atoms with van der Waals surface area (Å²) in [6.45, 7) is 2.17. The van der Waals surface area contributed by atoms with Crippen molar-refractivity contribution in [3.05, 3.63) is 57.8 Å². The third kappa shape index (κ3) is 1.61. The van der Waals surface area contributed by atoms with Gasteiger partial charge in [-0.15, -0.1) is 11.3 Å². The van der Waals surface area contributed by atoms with Gasteiger partial charge >= 0.3 is 0 Å². The van der Waals surface area contributed by atoms with E-state index in [1.807, 2.05) is 11.3 Å². The molecule has 0 radical (unpaired) electrons. The summed E-state index contributed by atoms with van der Waals surface area (Å²) in [6.07, 6.45) is 2.47. The predicted octanol–water partition coefficient (Wildman–Crippen LogP) is 4.76. The quantitative estimate of drug-likeness (QED) is 0.692. The first-order valence-electron chi connectivity index (χ1n) is 5.67. The Balaban J connectivity index is 2.03. The van der Waals surface area contributed by atoms with Gasteiger partial charge < -0.3 is 0 Å². The lowest BCUT2D eigenvalue weighted by Crippen LogP contribution is -2.01. The van der Waals surface area contributed by atoms with E-state index in [2.05, 4.69) is 48.7 Å². The molecule has 2 aromatic rings. The SMILES string of the molecule is Cc1csc(C2=C(c3ccccc3)CC2)c1. The van der Waals surface area contributed by atoms with Gasteiger partial charge in [-0.1, -0.05) is 30.3 Å². The first kappa shape index (κ1) is 9.86. The summed E-state index contributed by atoms with van der Waals surface area (Å²) in [6, 6.07) is 13.1. The summed E-state index contributed by atoms with van der Waals surface area (Å²) >= 11 is 1.87. The highest BCUT2D eigenvalue weighted by Crippen LogP contribution is 2.44. The van der Waals surface area contributed by atoms with E-state index in [9.17, 15) is 0 Å². The molecule has 0 fully saturated rings. The number of allylic oxidation sites excluding steroid dienone is 2. The van der Waals surface area contributed by atoms with Gasteiger partial charge in [0, 0.05) is 4.88 Å². The van der Waals surface area contributed by atoms with Crippen molar-refractivity contribution < 1.29 is 0 Å². The van der Waals surface area contributed by atoms with Crippen molar-refractivity contribution in [2.45, 2.75) is 19.8 Å². The van der Waals surface area contributed by atoms with Crippen LogP contribution in [0.2, 0.25) is 0 Å². The van der Waals surface area contributed by atoms with E-state index in [1.54, 1.807) is 11.1 Å². The predicted molar refractivity (Wildman–Crippen MR) is 71.5 cm³/mol. The molecule has 0 saturated heterocycles. The first-order valence-corrected chi connectivity index (χ1v) is 6.55. The molecule has 0 nitrogen and oxygen atoms in total. The molecule has 1 heterocycles. The Labute approximate surface area is 100 Å². The van der Waals surface area contributed by atoms with E-state index < -0.39 is 0 Å². The van der Waals surface area contributed by atoms with Gasteiger partial charge in [-0.2, -0.15) is 0 Å². The molecule has 0 unspecified atom stereocenters. The summed E-state index contributed by atoms with van der Waals surface area (Å²) in [5.41, 5.74) is 5.88. The lowest BCUT2D eigenvalue weighted by molar-refractivity contribution is 1.02. The van der Waals surface area contributed by atoms with E-state index in [0.29, 0.717) is 0 Å². The van der Waals surface area contributed by atoms with Gasteiger partial charge in [-0.05, 0) is 53.5 Å². The number of rotatable bonds is 2. The Morgan fingerprint density at radius 3 is 2.31 bits per heavy atom. The van der Waals surface area contributed by atoms with Crippen LogP contribution >= 0.6 is 11.3 Å². The number of aryl methyl sites for hydroxylation is 1. The monoisotopic (exact) mass is 226 g/mol. The number of thiophene rings is 1. The number of benzene rings is 1. The molecule has 16 heavy (non-hydrogen) atoms. The lowest BCUT2D eigenvalue weighted by atomic mass is 9.83. The fourth-order valence-electron chi connectivity index (χ4n) is 2.19. The van der Waals surface area contributed by atoms with Gasteiger partial charge in [-0.3, -0.25) is 0 Å². The summed E-state index contributed by atoms with van der Waals surface area (Å²) in [4.78, 5) is 1.46. The van der Waals surface area contributed by atoms with Gasteiger partial charge in [0.05, 0.1) is 0 Å². The van der Waals surface area contributed by atoms with E-state index in [0.717, 1.165) is 0 Å². The molecule has 0 N–H and O–H groups in total. The van der Waals surface area contributed by atoms with Gasteiger partial charge in [0.25, 0.3) is 0 Å². The van der Waals surface area contributed by atoms with Crippen molar-refractivity contribution in [1.82, 2.24) is 0 Å². The van der Waals surface area contributed by atoms with Crippen LogP contribution in [0.5, 0.6) is 0 Å². The third-order valence-corrected chi connectivity index (χ3v) is 4.25. The average Bonchev–Trinajstić information content (AvgIpc) is 2.65. The topological polar surface area (TPSA) is 0 Å². The first-order chi connectivity index (χ1) is 7.84. The second-order valence-corrected chi connectivity index (χ2v) is 5.22. The molecule has 0 amide bonds. The summed E-state index contributed by atoms with van der Waals surface area (Å²) in [5.74, 6) is 0. The Morgan fingerprint density at radius 1 is 1.00 bits per heavy atom. The van der Waals surface area contributed by atoms with Crippen molar-refractivity contribution >= 4 is 22.5 Å². The van der Waals surface area contributed by atoms with Crippen LogP contribution in [0.4, 0.5) is 0 Å². The van der Waals surface area contributed by atoms with E-state index in [4.69, 9.17) is 0 Å². The minimum absolute atomic E-state index is 1.23. The molecular formula is C15H14S. The molecule has 0 saturated carbocycles. The van der Waals surface area contributed by atoms with Crippen LogP contribution < -0.4 is 0 Å². The minimum atomic E-state index is 1.23. The molecule has 0 spiro atoms. The molecule has 1 aromatic carbocycles.